The fourth-order valence-electron chi connectivity index (χ4n) is 2.57. The molecule has 0 spiro atoms. The van der Waals surface area contributed by atoms with E-state index in [1.165, 1.54) is 0 Å². The van der Waals surface area contributed by atoms with Crippen molar-refractivity contribution in [3.8, 4) is 5.75 Å². The molecule has 5 heteroatoms. The molecule has 1 aliphatic heterocycles. The van der Waals surface area contributed by atoms with Gasteiger partial charge in [-0.15, -0.1) is 11.3 Å². The van der Waals surface area contributed by atoms with Gasteiger partial charge in [-0.25, -0.2) is 0 Å². The Bertz CT molecular complexity index is 705. The first kappa shape index (κ1) is 14.9. The van der Waals surface area contributed by atoms with E-state index in [-0.39, 0.29) is 0 Å². The summed E-state index contributed by atoms with van der Waals surface area (Å²) in [5.74, 6) is 2.18. The number of thiophene rings is 1. The highest BCUT2D eigenvalue weighted by Gasteiger charge is 2.27. The average Bonchev–Trinajstić information content (AvgIpc) is 3.03. The van der Waals surface area contributed by atoms with Crippen LogP contribution in [0, 0.1) is 0 Å². The SMILES string of the molecule is CCCC1=C(N)Nc2cc(C(C)(N)c3cccs3)ccc2O1. The first-order valence-electron chi connectivity index (χ1n) is 7.43. The molecule has 2 aromatic rings. The van der Waals surface area contributed by atoms with Gasteiger partial charge in [0.25, 0.3) is 0 Å². The van der Waals surface area contributed by atoms with Crippen molar-refractivity contribution < 1.29 is 4.74 Å². The molecule has 2 heterocycles. The highest BCUT2D eigenvalue weighted by Crippen LogP contribution is 2.38. The quantitative estimate of drug-likeness (QED) is 0.804. The van der Waals surface area contributed by atoms with E-state index in [9.17, 15) is 0 Å². The second-order valence-electron chi connectivity index (χ2n) is 5.70. The van der Waals surface area contributed by atoms with Gasteiger partial charge in [-0.05, 0) is 42.5 Å². The lowest BCUT2D eigenvalue weighted by atomic mass is 9.91. The molecule has 0 saturated heterocycles. The summed E-state index contributed by atoms with van der Waals surface area (Å²) in [6.07, 6.45) is 1.81. The highest BCUT2D eigenvalue weighted by atomic mass is 32.1. The number of benzene rings is 1. The molecule has 1 unspecified atom stereocenters. The number of anilines is 1. The molecule has 3 rings (SSSR count). The van der Waals surface area contributed by atoms with Crippen LogP contribution in [0.15, 0.2) is 47.3 Å². The summed E-state index contributed by atoms with van der Waals surface area (Å²) in [5.41, 5.74) is 13.9. The summed E-state index contributed by atoms with van der Waals surface area (Å²) < 4.78 is 5.90. The van der Waals surface area contributed by atoms with Gasteiger partial charge in [0.15, 0.2) is 5.75 Å². The lowest BCUT2D eigenvalue weighted by molar-refractivity contribution is 0.389. The summed E-state index contributed by atoms with van der Waals surface area (Å²) in [6, 6.07) is 10.1. The molecule has 0 fully saturated rings. The lowest BCUT2D eigenvalue weighted by Crippen LogP contribution is -2.33. The first-order valence-corrected chi connectivity index (χ1v) is 8.31. The molecule has 1 aliphatic rings. The van der Waals surface area contributed by atoms with Gasteiger partial charge in [-0.2, -0.15) is 0 Å². The highest BCUT2D eigenvalue weighted by molar-refractivity contribution is 7.10. The molecule has 116 valence electrons. The Morgan fingerprint density at radius 3 is 2.82 bits per heavy atom. The van der Waals surface area contributed by atoms with Gasteiger partial charge in [0.05, 0.1) is 11.2 Å². The topological polar surface area (TPSA) is 73.3 Å². The zero-order chi connectivity index (χ0) is 15.7. The van der Waals surface area contributed by atoms with Gasteiger partial charge in [0.1, 0.15) is 11.6 Å². The smallest absolute Gasteiger partial charge is 0.150 e. The Morgan fingerprint density at radius 2 is 2.14 bits per heavy atom. The molecular formula is C17H21N3OS. The van der Waals surface area contributed by atoms with E-state index >= 15 is 0 Å². The van der Waals surface area contributed by atoms with Crippen molar-refractivity contribution in [1.82, 2.24) is 0 Å². The van der Waals surface area contributed by atoms with Crippen molar-refractivity contribution >= 4 is 17.0 Å². The van der Waals surface area contributed by atoms with Gasteiger partial charge in [0, 0.05) is 11.3 Å². The number of allylic oxidation sites excluding steroid dienone is 1. The maximum atomic E-state index is 6.55. The molecular weight excluding hydrogens is 294 g/mol. The van der Waals surface area contributed by atoms with Gasteiger partial charge in [-0.3, -0.25) is 0 Å². The molecule has 4 nitrogen and oxygen atoms in total. The molecule has 5 N–H and O–H groups in total. The van der Waals surface area contributed by atoms with Crippen LogP contribution in [-0.2, 0) is 5.54 Å². The van der Waals surface area contributed by atoms with Crippen LogP contribution in [0.2, 0.25) is 0 Å². The van der Waals surface area contributed by atoms with E-state index in [0.717, 1.165) is 40.5 Å². The molecule has 22 heavy (non-hydrogen) atoms. The monoisotopic (exact) mass is 315 g/mol. The van der Waals surface area contributed by atoms with Gasteiger partial charge in [0.2, 0.25) is 0 Å². The van der Waals surface area contributed by atoms with Crippen molar-refractivity contribution in [1.29, 1.82) is 0 Å². The molecule has 0 radical (unpaired) electrons. The van der Waals surface area contributed by atoms with Crippen LogP contribution in [0.3, 0.4) is 0 Å². The van der Waals surface area contributed by atoms with E-state index in [1.54, 1.807) is 11.3 Å². The van der Waals surface area contributed by atoms with Crippen molar-refractivity contribution in [2.45, 2.75) is 32.2 Å². The van der Waals surface area contributed by atoms with Crippen molar-refractivity contribution in [2.24, 2.45) is 11.5 Å². The van der Waals surface area contributed by atoms with Crippen LogP contribution < -0.4 is 21.5 Å². The Labute approximate surface area is 134 Å². The number of hydrogen-bond acceptors (Lipinski definition) is 5. The van der Waals surface area contributed by atoms with Gasteiger partial charge in [-0.1, -0.05) is 19.1 Å². The summed E-state index contributed by atoms with van der Waals surface area (Å²) in [6.45, 7) is 4.12. The fourth-order valence-corrected chi connectivity index (χ4v) is 3.39. The van der Waals surface area contributed by atoms with Crippen molar-refractivity contribution in [3.63, 3.8) is 0 Å². The molecule has 1 aromatic carbocycles. The van der Waals surface area contributed by atoms with Crippen LogP contribution in [0.25, 0.3) is 0 Å². The Morgan fingerprint density at radius 1 is 1.32 bits per heavy atom. The largest absolute Gasteiger partial charge is 0.456 e. The summed E-state index contributed by atoms with van der Waals surface area (Å²) >= 11 is 1.66. The lowest BCUT2D eigenvalue weighted by Gasteiger charge is -2.28. The molecule has 0 saturated carbocycles. The number of hydrogen-bond donors (Lipinski definition) is 3. The third kappa shape index (κ3) is 2.58. The van der Waals surface area contributed by atoms with Crippen LogP contribution >= 0.6 is 11.3 Å². The maximum absolute atomic E-state index is 6.55. The Hall–Kier alpha value is -1.98. The number of ether oxygens (including phenoxy) is 1. The Balaban J connectivity index is 1.94. The molecule has 0 aliphatic carbocycles. The van der Waals surface area contributed by atoms with Crippen molar-refractivity contribution in [3.05, 3.63) is 57.7 Å². The Kier molecular flexibility index (Phi) is 3.85. The summed E-state index contributed by atoms with van der Waals surface area (Å²) in [7, 11) is 0. The number of rotatable bonds is 4. The van der Waals surface area contributed by atoms with Gasteiger partial charge >= 0.3 is 0 Å². The zero-order valence-electron chi connectivity index (χ0n) is 12.8. The third-order valence-corrected chi connectivity index (χ3v) is 5.00. The van der Waals surface area contributed by atoms with Crippen LogP contribution in [0.1, 0.15) is 37.1 Å². The van der Waals surface area contributed by atoms with E-state index in [1.807, 2.05) is 36.6 Å². The van der Waals surface area contributed by atoms with E-state index in [4.69, 9.17) is 16.2 Å². The minimum absolute atomic E-state index is 0.535. The van der Waals surface area contributed by atoms with Crippen LogP contribution in [0.5, 0.6) is 5.75 Å². The minimum atomic E-state index is -0.535. The van der Waals surface area contributed by atoms with E-state index in [2.05, 4.69) is 18.3 Å². The zero-order valence-corrected chi connectivity index (χ0v) is 13.7. The van der Waals surface area contributed by atoms with Gasteiger partial charge < -0.3 is 21.5 Å². The molecule has 1 atom stereocenters. The molecule has 0 bridgehead atoms. The predicted molar refractivity (Wildman–Crippen MR) is 91.8 cm³/mol. The van der Waals surface area contributed by atoms with E-state index in [0.29, 0.717) is 5.82 Å². The molecule has 1 aromatic heterocycles. The molecule has 0 amide bonds. The van der Waals surface area contributed by atoms with Crippen LogP contribution in [0.4, 0.5) is 5.69 Å². The standard InChI is InChI=1S/C17H21N3OS/c1-3-5-14-16(18)20-12-10-11(7-8-13(12)21-14)17(2,19)15-6-4-9-22-15/h4,6-10,20H,3,5,18-19H2,1-2H3. The van der Waals surface area contributed by atoms with E-state index < -0.39 is 5.54 Å². The number of nitrogens with one attached hydrogen (secondary N) is 1. The van der Waals surface area contributed by atoms with Crippen molar-refractivity contribution in [2.75, 3.05) is 5.32 Å². The average molecular weight is 315 g/mol. The summed E-state index contributed by atoms with van der Waals surface area (Å²) in [5, 5.41) is 5.27. The van der Waals surface area contributed by atoms with Crippen LogP contribution in [-0.4, -0.2) is 0 Å². The number of fused-ring (bicyclic) bond motifs is 1. The minimum Gasteiger partial charge on any atom is -0.456 e. The second-order valence-corrected chi connectivity index (χ2v) is 6.65. The number of nitrogens with two attached hydrogens (primary N) is 2. The predicted octanol–water partition coefficient (Wildman–Crippen LogP) is 3.70. The third-order valence-electron chi connectivity index (χ3n) is 3.89. The second kappa shape index (κ2) is 5.66. The fraction of sp³-hybridized carbons (Fsp3) is 0.294. The summed E-state index contributed by atoms with van der Waals surface area (Å²) in [4.78, 5) is 1.12. The normalized spacial score (nSPS) is 16.5. The maximum Gasteiger partial charge on any atom is 0.150 e. The first-order chi connectivity index (χ1) is 10.5.